The summed E-state index contributed by atoms with van der Waals surface area (Å²) in [6, 6.07) is 7.38. The molecular weight excluding hydrogens is 254 g/mol. The molecule has 2 amide bonds. The molecular formula is C15H23N3O2. The van der Waals surface area contributed by atoms with Crippen LogP contribution in [-0.2, 0) is 0 Å². The van der Waals surface area contributed by atoms with Gasteiger partial charge >= 0.3 is 6.03 Å². The van der Waals surface area contributed by atoms with Gasteiger partial charge in [-0.05, 0) is 49.4 Å². The van der Waals surface area contributed by atoms with Crippen LogP contribution in [0.25, 0.3) is 0 Å². The van der Waals surface area contributed by atoms with Crippen LogP contribution in [0.2, 0.25) is 0 Å². The molecule has 5 heteroatoms. The van der Waals surface area contributed by atoms with Crippen molar-refractivity contribution in [3.8, 4) is 5.75 Å². The third kappa shape index (κ3) is 4.42. The number of nitrogens with one attached hydrogen (secondary N) is 2. The molecule has 20 heavy (non-hydrogen) atoms. The summed E-state index contributed by atoms with van der Waals surface area (Å²) in [5.41, 5.74) is 6.70. The molecule has 2 rings (SSSR count). The Hall–Kier alpha value is -1.75. The van der Waals surface area contributed by atoms with E-state index >= 15 is 0 Å². The van der Waals surface area contributed by atoms with Crippen LogP contribution in [0.4, 0.5) is 10.5 Å². The summed E-state index contributed by atoms with van der Waals surface area (Å²) in [5.74, 6) is 1.27. The topological polar surface area (TPSA) is 76.4 Å². The number of nitrogens with two attached hydrogens (primary N) is 1. The average Bonchev–Trinajstić information content (AvgIpc) is 2.46. The summed E-state index contributed by atoms with van der Waals surface area (Å²) in [6.45, 7) is 0.690. The van der Waals surface area contributed by atoms with Crippen molar-refractivity contribution in [2.45, 2.75) is 31.7 Å². The van der Waals surface area contributed by atoms with Crippen LogP contribution >= 0.6 is 0 Å². The molecule has 2 atom stereocenters. The number of benzene rings is 1. The number of hydrogen-bond donors (Lipinski definition) is 3. The van der Waals surface area contributed by atoms with E-state index in [2.05, 4.69) is 10.6 Å². The lowest BCUT2D eigenvalue weighted by Gasteiger charge is -2.26. The monoisotopic (exact) mass is 277 g/mol. The van der Waals surface area contributed by atoms with Gasteiger partial charge in [0.2, 0.25) is 0 Å². The molecule has 1 aliphatic carbocycles. The molecule has 1 aliphatic rings. The second-order valence-electron chi connectivity index (χ2n) is 5.36. The summed E-state index contributed by atoms with van der Waals surface area (Å²) in [6.07, 6.45) is 4.42. The van der Waals surface area contributed by atoms with Crippen molar-refractivity contribution >= 4 is 11.7 Å². The number of methoxy groups -OCH3 is 1. The standard InChI is InChI=1S/C15H23N3O2/c1-20-14-7-5-13(6-8-14)18-15(19)17-10-11-3-2-4-12(16)9-11/h5-8,11-12H,2-4,9-10,16H2,1H3,(H2,17,18,19). The van der Waals surface area contributed by atoms with Crippen LogP contribution < -0.4 is 21.1 Å². The maximum atomic E-state index is 11.8. The molecule has 0 saturated heterocycles. The molecule has 0 spiro atoms. The van der Waals surface area contributed by atoms with E-state index in [-0.39, 0.29) is 6.03 Å². The predicted octanol–water partition coefficient (Wildman–Crippen LogP) is 2.33. The average molecular weight is 277 g/mol. The summed E-state index contributed by atoms with van der Waals surface area (Å²) in [5, 5.41) is 5.72. The number of rotatable bonds is 4. The van der Waals surface area contributed by atoms with Crippen LogP contribution in [0.5, 0.6) is 5.75 Å². The fourth-order valence-electron chi connectivity index (χ4n) is 2.60. The smallest absolute Gasteiger partial charge is 0.319 e. The maximum Gasteiger partial charge on any atom is 0.319 e. The Labute approximate surface area is 119 Å². The van der Waals surface area contributed by atoms with E-state index in [1.54, 1.807) is 7.11 Å². The first-order valence-corrected chi connectivity index (χ1v) is 7.12. The Kier molecular flexibility index (Phi) is 5.24. The first-order chi connectivity index (χ1) is 9.67. The normalized spacial score (nSPS) is 22.1. The number of ether oxygens (including phenoxy) is 1. The van der Waals surface area contributed by atoms with E-state index in [0.29, 0.717) is 18.5 Å². The van der Waals surface area contributed by atoms with Crippen molar-refractivity contribution in [3.63, 3.8) is 0 Å². The molecule has 110 valence electrons. The molecule has 1 aromatic carbocycles. The summed E-state index contributed by atoms with van der Waals surface area (Å²) in [4.78, 5) is 11.8. The Morgan fingerprint density at radius 1 is 1.35 bits per heavy atom. The predicted molar refractivity (Wildman–Crippen MR) is 79.9 cm³/mol. The number of hydrogen-bond acceptors (Lipinski definition) is 3. The zero-order chi connectivity index (χ0) is 14.4. The van der Waals surface area contributed by atoms with E-state index in [4.69, 9.17) is 10.5 Å². The van der Waals surface area contributed by atoms with Gasteiger partial charge in [-0.3, -0.25) is 0 Å². The Bertz CT molecular complexity index is 433. The summed E-state index contributed by atoms with van der Waals surface area (Å²) < 4.78 is 5.07. The van der Waals surface area contributed by atoms with Gasteiger partial charge in [0.1, 0.15) is 5.75 Å². The van der Waals surface area contributed by atoms with Crippen molar-refractivity contribution in [2.24, 2.45) is 11.7 Å². The molecule has 0 heterocycles. The van der Waals surface area contributed by atoms with E-state index in [0.717, 1.165) is 37.1 Å². The highest BCUT2D eigenvalue weighted by atomic mass is 16.5. The van der Waals surface area contributed by atoms with Gasteiger partial charge in [-0.15, -0.1) is 0 Å². The van der Waals surface area contributed by atoms with Gasteiger partial charge in [0.25, 0.3) is 0 Å². The van der Waals surface area contributed by atoms with Gasteiger partial charge in [0.15, 0.2) is 0 Å². The minimum Gasteiger partial charge on any atom is -0.497 e. The Morgan fingerprint density at radius 3 is 2.75 bits per heavy atom. The fourth-order valence-corrected chi connectivity index (χ4v) is 2.60. The minimum absolute atomic E-state index is 0.172. The van der Waals surface area contributed by atoms with Crippen molar-refractivity contribution in [1.29, 1.82) is 0 Å². The van der Waals surface area contributed by atoms with Crippen LogP contribution in [0.3, 0.4) is 0 Å². The van der Waals surface area contributed by atoms with Crippen molar-refractivity contribution in [1.82, 2.24) is 5.32 Å². The third-order valence-corrected chi connectivity index (χ3v) is 3.72. The SMILES string of the molecule is COc1ccc(NC(=O)NCC2CCCC(N)C2)cc1. The third-order valence-electron chi connectivity index (χ3n) is 3.72. The molecule has 0 bridgehead atoms. The molecule has 0 radical (unpaired) electrons. The number of carbonyl (C=O) groups is 1. The number of amides is 2. The number of anilines is 1. The summed E-state index contributed by atoms with van der Waals surface area (Å²) >= 11 is 0. The van der Waals surface area contributed by atoms with Crippen molar-refractivity contribution < 1.29 is 9.53 Å². The highest BCUT2D eigenvalue weighted by Gasteiger charge is 2.19. The first kappa shape index (κ1) is 14.7. The lowest BCUT2D eigenvalue weighted by molar-refractivity contribution is 0.245. The zero-order valence-corrected chi connectivity index (χ0v) is 11.9. The fraction of sp³-hybridized carbons (Fsp3) is 0.533. The van der Waals surface area contributed by atoms with Gasteiger partial charge in [0, 0.05) is 18.3 Å². The Balaban J connectivity index is 1.74. The second-order valence-corrected chi connectivity index (χ2v) is 5.36. The molecule has 1 saturated carbocycles. The largest absolute Gasteiger partial charge is 0.497 e. The van der Waals surface area contributed by atoms with Crippen LogP contribution in [0, 0.1) is 5.92 Å². The maximum absolute atomic E-state index is 11.8. The lowest BCUT2D eigenvalue weighted by Crippen LogP contribution is -2.37. The van der Waals surface area contributed by atoms with Crippen molar-refractivity contribution in [2.75, 3.05) is 19.0 Å². The van der Waals surface area contributed by atoms with Crippen LogP contribution in [0.15, 0.2) is 24.3 Å². The quantitative estimate of drug-likeness (QED) is 0.790. The highest BCUT2D eigenvalue weighted by molar-refractivity contribution is 5.89. The number of urea groups is 1. The minimum atomic E-state index is -0.172. The van der Waals surface area contributed by atoms with Gasteiger partial charge in [-0.2, -0.15) is 0 Å². The number of carbonyl (C=O) groups excluding carboxylic acids is 1. The van der Waals surface area contributed by atoms with E-state index in [1.165, 1.54) is 0 Å². The molecule has 5 nitrogen and oxygen atoms in total. The summed E-state index contributed by atoms with van der Waals surface area (Å²) in [7, 11) is 1.62. The van der Waals surface area contributed by atoms with E-state index in [1.807, 2.05) is 24.3 Å². The van der Waals surface area contributed by atoms with Crippen LogP contribution in [0.1, 0.15) is 25.7 Å². The molecule has 1 aromatic rings. The van der Waals surface area contributed by atoms with Crippen LogP contribution in [-0.4, -0.2) is 25.7 Å². The Morgan fingerprint density at radius 2 is 2.10 bits per heavy atom. The first-order valence-electron chi connectivity index (χ1n) is 7.12. The van der Waals surface area contributed by atoms with Gasteiger partial charge < -0.3 is 21.1 Å². The molecule has 4 N–H and O–H groups in total. The van der Waals surface area contributed by atoms with Gasteiger partial charge in [0.05, 0.1) is 7.11 Å². The molecule has 0 aromatic heterocycles. The lowest BCUT2D eigenvalue weighted by atomic mass is 9.86. The highest BCUT2D eigenvalue weighted by Crippen LogP contribution is 2.22. The zero-order valence-electron chi connectivity index (χ0n) is 11.9. The molecule has 1 fully saturated rings. The molecule has 2 unspecified atom stereocenters. The molecule has 0 aliphatic heterocycles. The second kappa shape index (κ2) is 7.14. The van der Waals surface area contributed by atoms with Gasteiger partial charge in [-0.25, -0.2) is 4.79 Å². The van der Waals surface area contributed by atoms with E-state index in [9.17, 15) is 4.79 Å². The van der Waals surface area contributed by atoms with Gasteiger partial charge in [-0.1, -0.05) is 6.42 Å². The van der Waals surface area contributed by atoms with E-state index < -0.39 is 0 Å². The van der Waals surface area contributed by atoms with Crippen molar-refractivity contribution in [3.05, 3.63) is 24.3 Å².